The van der Waals surface area contributed by atoms with E-state index in [1.54, 1.807) is 31.0 Å². The van der Waals surface area contributed by atoms with Crippen LogP contribution in [0.4, 0.5) is 0 Å². The predicted octanol–water partition coefficient (Wildman–Crippen LogP) is 3.05. The molecule has 5 heteroatoms. The molecule has 0 atom stereocenters. The molecule has 1 aromatic rings. The largest absolute Gasteiger partial charge is 0.496 e. The second-order valence-electron chi connectivity index (χ2n) is 5.20. The number of carboxylic acids is 1. The summed E-state index contributed by atoms with van der Waals surface area (Å²) in [6.45, 7) is 0. The summed E-state index contributed by atoms with van der Waals surface area (Å²) in [6, 6.07) is 7.50. The van der Waals surface area contributed by atoms with Gasteiger partial charge in [0.15, 0.2) is 0 Å². The third-order valence-electron chi connectivity index (χ3n) is 3.56. The van der Waals surface area contributed by atoms with Crippen LogP contribution in [0, 0.1) is 16.7 Å². The monoisotopic (exact) mass is 291 g/mol. The van der Waals surface area contributed by atoms with Crippen molar-refractivity contribution in [3.63, 3.8) is 0 Å². The van der Waals surface area contributed by atoms with Gasteiger partial charge in [0.1, 0.15) is 5.75 Å². The van der Waals surface area contributed by atoms with Crippen molar-refractivity contribution in [1.29, 1.82) is 5.26 Å². The molecule has 106 valence electrons. The van der Waals surface area contributed by atoms with Crippen LogP contribution in [0.3, 0.4) is 0 Å². The van der Waals surface area contributed by atoms with Gasteiger partial charge in [-0.1, -0.05) is 0 Å². The maximum atomic E-state index is 10.8. The van der Waals surface area contributed by atoms with Crippen molar-refractivity contribution in [3.8, 4) is 11.8 Å². The molecule has 1 N–H and O–H groups in total. The molecule has 1 aliphatic rings. The topological polar surface area (TPSA) is 70.3 Å². The molecule has 4 nitrogen and oxygen atoms in total. The lowest BCUT2D eigenvalue weighted by Gasteiger charge is -2.13. The minimum Gasteiger partial charge on any atom is -0.496 e. The quantitative estimate of drug-likeness (QED) is 0.836. The fourth-order valence-electron chi connectivity index (χ4n) is 2.21. The van der Waals surface area contributed by atoms with E-state index in [2.05, 4.69) is 6.07 Å². The molecule has 0 saturated heterocycles. The summed E-state index contributed by atoms with van der Waals surface area (Å²) in [5, 5.41) is 17.8. The number of hydrogen-bond donors (Lipinski definition) is 1. The van der Waals surface area contributed by atoms with Crippen LogP contribution in [0.1, 0.15) is 30.4 Å². The number of ether oxygens (including phenoxy) is 1. The molecule has 1 saturated carbocycles. The van der Waals surface area contributed by atoms with Gasteiger partial charge in [-0.25, -0.2) is 0 Å². The Morgan fingerprint density at radius 2 is 2.30 bits per heavy atom. The van der Waals surface area contributed by atoms with E-state index in [1.807, 2.05) is 6.07 Å². The average Bonchev–Trinajstić information content (AvgIpc) is 3.17. The van der Waals surface area contributed by atoms with Gasteiger partial charge in [0.05, 0.1) is 25.2 Å². The second kappa shape index (κ2) is 6.19. The molecule has 2 rings (SSSR count). The summed E-state index contributed by atoms with van der Waals surface area (Å²) in [5.41, 5.74) is 1.60. The highest BCUT2D eigenvalue weighted by Crippen LogP contribution is 2.51. The third-order valence-corrected chi connectivity index (χ3v) is 4.89. The van der Waals surface area contributed by atoms with Gasteiger partial charge in [0.25, 0.3) is 0 Å². The van der Waals surface area contributed by atoms with Crippen molar-refractivity contribution in [2.75, 3.05) is 12.9 Å². The Morgan fingerprint density at radius 3 is 2.85 bits per heavy atom. The average molecular weight is 291 g/mol. The van der Waals surface area contributed by atoms with Gasteiger partial charge < -0.3 is 9.84 Å². The highest BCUT2D eigenvalue weighted by atomic mass is 32.2. The van der Waals surface area contributed by atoms with Crippen LogP contribution in [0.25, 0.3) is 0 Å². The third kappa shape index (κ3) is 3.67. The molecule has 1 aromatic carbocycles. The number of aliphatic carboxylic acids is 1. The summed E-state index contributed by atoms with van der Waals surface area (Å²) < 4.78 is 5.29. The lowest BCUT2D eigenvalue weighted by Crippen LogP contribution is -2.11. The van der Waals surface area contributed by atoms with E-state index in [0.717, 1.165) is 35.7 Å². The van der Waals surface area contributed by atoms with Crippen molar-refractivity contribution < 1.29 is 14.6 Å². The summed E-state index contributed by atoms with van der Waals surface area (Å²) in [4.78, 5) is 10.8. The van der Waals surface area contributed by atoms with Gasteiger partial charge >= 0.3 is 5.97 Å². The van der Waals surface area contributed by atoms with Crippen LogP contribution in [-0.4, -0.2) is 23.9 Å². The molecule has 0 aliphatic heterocycles. The first-order valence-corrected chi connectivity index (χ1v) is 7.61. The first-order valence-electron chi connectivity index (χ1n) is 6.45. The first kappa shape index (κ1) is 14.7. The second-order valence-corrected chi connectivity index (χ2v) is 6.19. The van der Waals surface area contributed by atoms with Gasteiger partial charge in [-0.15, -0.1) is 0 Å². The number of nitrogens with zero attached hydrogens (tertiary/aromatic N) is 1. The Labute approximate surface area is 122 Å². The molecule has 0 aromatic heterocycles. The van der Waals surface area contributed by atoms with Gasteiger partial charge in [-0.3, -0.25) is 4.79 Å². The lowest BCUT2D eigenvalue weighted by atomic mass is 10.1. The summed E-state index contributed by atoms with van der Waals surface area (Å²) in [5.74, 6) is 1.64. The van der Waals surface area contributed by atoms with Crippen LogP contribution in [0.5, 0.6) is 5.75 Å². The van der Waals surface area contributed by atoms with Crippen LogP contribution < -0.4 is 4.74 Å². The van der Waals surface area contributed by atoms with Crippen molar-refractivity contribution >= 4 is 17.7 Å². The van der Waals surface area contributed by atoms with Crippen molar-refractivity contribution in [3.05, 3.63) is 29.3 Å². The number of nitriles is 1. The zero-order valence-electron chi connectivity index (χ0n) is 11.4. The highest BCUT2D eigenvalue weighted by Gasteiger charge is 2.44. The van der Waals surface area contributed by atoms with E-state index in [1.165, 1.54) is 0 Å². The molecule has 20 heavy (non-hydrogen) atoms. The molecule has 0 spiro atoms. The Morgan fingerprint density at radius 1 is 1.55 bits per heavy atom. The maximum absolute atomic E-state index is 10.8. The van der Waals surface area contributed by atoms with Crippen LogP contribution in [0.2, 0.25) is 0 Å². The Balaban J connectivity index is 1.94. The van der Waals surface area contributed by atoms with Crippen molar-refractivity contribution in [1.82, 2.24) is 0 Å². The fraction of sp³-hybridized carbons (Fsp3) is 0.467. The molecule has 1 aliphatic carbocycles. The minimum atomic E-state index is -0.716. The van der Waals surface area contributed by atoms with E-state index in [0.29, 0.717) is 5.56 Å². The van der Waals surface area contributed by atoms with Gasteiger partial charge in [0, 0.05) is 11.3 Å². The zero-order valence-corrected chi connectivity index (χ0v) is 12.2. The van der Waals surface area contributed by atoms with Crippen LogP contribution in [-0.2, 0) is 10.5 Å². The molecular formula is C15H17NO3S. The normalized spacial score (nSPS) is 15.4. The van der Waals surface area contributed by atoms with Crippen molar-refractivity contribution in [2.45, 2.75) is 25.0 Å². The van der Waals surface area contributed by atoms with E-state index in [4.69, 9.17) is 15.1 Å². The minimum absolute atomic E-state index is 0.00340. The smallest absolute Gasteiger partial charge is 0.303 e. The molecule has 1 fully saturated rings. The number of carbonyl (C=O) groups is 1. The van der Waals surface area contributed by atoms with Crippen molar-refractivity contribution in [2.24, 2.45) is 5.41 Å². The summed E-state index contributed by atoms with van der Waals surface area (Å²) >= 11 is 1.71. The molecule has 0 amide bonds. The van der Waals surface area contributed by atoms with Crippen LogP contribution in [0.15, 0.2) is 18.2 Å². The Bertz CT molecular complexity index is 547. The molecule has 0 radical (unpaired) electrons. The number of methoxy groups -OCH3 is 1. The van der Waals surface area contributed by atoms with Gasteiger partial charge in [-0.05, 0) is 42.2 Å². The SMILES string of the molecule is COc1ccc(C#N)cc1CSCC1(CC(=O)O)CC1. The first-order chi connectivity index (χ1) is 9.58. The fourth-order valence-corrected chi connectivity index (χ4v) is 3.58. The van der Waals surface area contributed by atoms with Crippen LogP contribution >= 0.6 is 11.8 Å². The van der Waals surface area contributed by atoms with Gasteiger partial charge in [0.2, 0.25) is 0 Å². The maximum Gasteiger partial charge on any atom is 0.303 e. The van der Waals surface area contributed by atoms with E-state index in [-0.39, 0.29) is 11.8 Å². The number of thioether (sulfide) groups is 1. The standard InChI is InChI=1S/C15H17NO3S/c1-19-13-3-2-11(8-16)6-12(13)9-20-10-15(4-5-15)7-14(17)18/h2-3,6H,4-5,7,9-10H2,1H3,(H,17,18). The zero-order chi connectivity index (χ0) is 14.6. The Kier molecular flexibility index (Phi) is 4.56. The number of rotatable bonds is 7. The predicted molar refractivity (Wildman–Crippen MR) is 77.8 cm³/mol. The molecule has 0 heterocycles. The summed E-state index contributed by atoms with van der Waals surface area (Å²) in [6.07, 6.45) is 2.26. The van der Waals surface area contributed by atoms with E-state index >= 15 is 0 Å². The molecular weight excluding hydrogens is 274 g/mol. The van der Waals surface area contributed by atoms with Gasteiger partial charge in [-0.2, -0.15) is 17.0 Å². The lowest BCUT2D eigenvalue weighted by molar-refractivity contribution is -0.138. The van der Waals surface area contributed by atoms with E-state index in [9.17, 15) is 4.79 Å². The molecule has 0 unspecified atom stereocenters. The highest BCUT2D eigenvalue weighted by molar-refractivity contribution is 7.98. The Hall–Kier alpha value is -1.67. The number of benzene rings is 1. The van der Waals surface area contributed by atoms with E-state index < -0.39 is 5.97 Å². The number of hydrogen-bond acceptors (Lipinski definition) is 4. The molecule has 0 bridgehead atoms. The number of carboxylic acid groups (broad SMARTS) is 1. The summed E-state index contributed by atoms with van der Waals surface area (Å²) in [7, 11) is 1.61.